The van der Waals surface area contributed by atoms with Crippen molar-refractivity contribution in [1.29, 1.82) is 0 Å². The number of amidine groups is 1. The number of benzene rings is 3. The second-order valence-corrected chi connectivity index (χ2v) is 8.49. The first kappa shape index (κ1) is 23.7. The molecule has 0 aliphatic carbocycles. The molecule has 1 saturated heterocycles. The zero-order chi connectivity index (χ0) is 23.8. The largest absolute Gasteiger partial charge is 0.489 e. The van der Waals surface area contributed by atoms with Gasteiger partial charge in [0.15, 0.2) is 5.17 Å². The van der Waals surface area contributed by atoms with Gasteiger partial charge in [-0.1, -0.05) is 42.5 Å². The van der Waals surface area contributed by atoms with Gasteiger partial charge in [-0.3, -0.25) is 9.69 Å². The van der Waals surface area contributed by atoms with Gasteiger partial charge in [-0.25, -0.2) is 9.38 Å². The van der Waals surface area contributed by atoms with Gasteiger partial charge in [0.05, 0.1) is 23.7 Å². The topological polar surface area (TPSA) is 51.1 Å². The standard InChI is InChI=1S/C27H25FN2O3S/c1-2-32-17-16-30-26(31)25(34-27(30)29-23-6-4-3-5-7-23)18-20-10-14-24(15-11-20)33-19-21-8-12-22(28)13-9-21/h3-15,18H,2,16-17,19H2,1H3/b25-18-,29-27?. The summed E-state index contributed by atoms with van der Waals surface area (Å²) < 4.78 is 24.3. The van der Waals surface area contributed by atoms with Crippen molar-refractivity contribution in [2.24, 2.45) is 4.99 Å². The number of para-hydroxylation sites is 1. The van der Waals surface area contributed by atoms with Crippen LogP contribution >= 0.6 is 11.8 Å². The van der Waals surface area contributed by atoms with Crippen LogP contribution in [-0.4, -0.2) is 35.7 Å². The SMILES string of the molecule is CCOCCN1C(=O)/C(=C/c2ccc(OCc3ccc(F)cc3)cc2)SC1=Nc1ccccc1. The average molecular weight is 477 g/mol. The Balaban J connectivity index is 1.46. The summed E-state index contributed by atoms with van der Waals surface area (Å²) in [5.41, 5.74) is 2.57. The third-order valence-electron chi connectivity index (χ3n) is 5.03. The van der Waals surface area contributed by atoms with Crippen molar-refractivity contribution in [2.75, 3.05) is 19.8 Å². The fourth-order valence-electron chi connectivity index (χ4n) is 3.26. The normalized spacial score (nSPS) is 15.9. The molecule has 0 N–H and O–H groups in total. The molecule has 174 valence electrons. The van der Waals surface area contributed by atoms with Gasteiger partial charge < -0.3 is 9.47 Å². The number of aliphatic imine (C=N–C) groups is 1. The molecule has 7 heteroatoms. The second kappa shape index (κ2) is 11.6. The summed E-state index contributed by atoms with van der Waals surface area (Å²) in [7, 11) is 0. The highest BCUT2D eigenvalue weighted by molar-refractivity contribution is 8.18. The molecule has 1 aliphatic rings. The van der Waals surface area contributed by atoms with Crippen molar-refractivity contribution in [3.63, 3.8) is 0 Å². The summed E-state index contributed by atoms with van der Waals surface area (Å²) >= 11 is 1.36. The van der Waals surface area contributed by atoms with Gasteiger partial charge in [-0.15, -0.1) is 0 Å². The van der Waals surface area contributed by atoms with Crippen LogP contribution in [0.15, 0.2) is 88.8 Å². The summed E-state index contributed by atoms with van der Waals surface area (Å²) in [6, 6.07) is 23.3. The Morgan fingerprint density at radius 3 is 2.44 bits per heavy atom. The van der Waals surface area contributed by atoms with Crippen LogP contribution in [-0.2, 0) is 16.1 Å². The van der Waals surface area contributed by atoms with Gasteiger partial charge in [-0.2, -0.15) is 0 Å². The summed E-state index contributed by atoms with van der Waals surface area (Å²) in [6.45, 7) is 3.77. The lowest BCUT2D eigenvalue weighted by Gasteiger charge is -2.15. The first-order chi connectivity index (χ1) is 16.6. The van der Waals surface area contributed by atoms with Gasteiger partial charge in [0.1, 0.15) is 18.2 Å². The third kappa shape index (κ3) is 6.34. The fourth-order valence-corrected chi connectivity index (χ4v) is 4.29. The first-order valence-corrected chi connectivity index (χ1v) is 11.8. The summed E-state index contributed by atoms with van der Waals surface area (Å²) in [6.07, 6.45) is 1.86. The predicted molar refractivity (Wildman–Crippen MR) is 134 cm³/mol. The lowest BCUT2D eigenvalue weighted by molar-refractivity contribution is -0.122. The van der Waals surface area contributed by atoms with Gasteiger partial charge in [0, 0.05) is 6.61 Å². The highest BCUT2D eigenvalue weighted by atomic mass is 32.2. The Morgan fingerprint density at radius 2 is 1.74 bits per heavy atom. The Kier molecular flexibility index (Phi) is 8.12. The molecule has 0 atom stereocenters. The summed E-state index contributed by atoms with van der Waals surface area (Å²) in [5, 5.41) is 0.640. The minimum atomic E-state index is -0.270. The van der Waals surface area contributed by atoms with E-state index in [-0.39, 0.29) is 11.7 Å². The van der Waals surface area contributed by atoms with E-state index in [1.165, 1.54) is 23.9 Å². The number of thioether (sulfide) groups is 1. The smallest absolute Gasteiger partial charge is 0.266 e. The van der Waals surface area contributed by atoms with E-state index in [9.17, 15) is 9.18 Å². The Hall–Kier alpha value is -3.42. The molecule has 0 bridgehead atoms. The lowest BCUT2D eigenvalue weighted by Crippen LogP contribution is -2.32. The number of hydrogen-bond donors (Lipinski definition) is 0. The molecule has 34 heavy (non-hydrogen) atoms. The first-order valence-electron chi connectivity index (χ1n) is 11.0. The molecule has 3 aromatic carbocycles. The molecule has 3 aromatic rings. The Morgan fingerprint density at radius 1 is 1.00 bits per heavy atom. The molecule has 0 aromatic heterocycles. The minimum absolute atomic E-state index is 0.0870. The third-order valence-corrected chi connectivity index (χ3v) is 6.04. The predicted octanol–water partition coefficient (Wildman–Crippen LogP) is 6.05. The summed E-state index contributed by atoms with van der Waals surface area (Å²) in [5.74, 6) is 0.339. The van der Waals surface area contributed by atoms with Crippen molar-refractivity contribution in [2.45, 2.75) is 13.5 Å². The number of carbonyl (C=O) groups excluding carboxylic acids is 1. The van der Waals surface area contributed by atoms with Crippen LogP contribution in [0.4, 0.5) is 10.1 Å². The number of ether oxygens (including phenoxy) is 2. The van der Waals surface area contributed by atoms with E-state index < -0.39 is 0 Å². The molecular formula is C27H25FN2O3S. The van der Waals surface area contributed by atoms with E-state index >= 15 is 0 Å². The van der Waals surface area contributed by atoms with E-state index in [1.54, 1.807) is 17.0 Å². The van der Waals surface area contributed by atoms with E-state index in [0.29, 0.717) is 42.2 Å². The molecule has 0 spiro atoms. The number of nitrogens with zero attached hydrogens (tertiary/aromatic N) is 2. The van der Waals surface area contributed by atoms with Crippen LogP contribution in [0.3, 0.4) is 0 Å². The van der Waals surface area contributed by atoms with E-state index in [2.05, 4.69) is 4.99 Å². The van der Waals surface area contributed by atoms with Crippen molar-refractivity contribution in [3.8, 4) is 5.75 Å². The fraction of sp³-hybridized carbons (Fsp3) is 0.185. The maximum atomic E-state index is 13.1. The summed E-state index contributed by atoms with van der Waals surface area (Å²) in [4.78, 5) is 20.1. The monoisotopic (exact) mass is 476 g/mol. The molecular weight excluding hydrogens is 451 g/mol. The molecule has 1 amide bonds. The molecule has 0 unspecified atom stereocenters. The van der Waals surface area contributed by atoms with Crippen molar-refractivity contribution in [1.82, 2.24) is 4.90 Å². The maximum absolute atomic E-state index is 13.1. The Bertz CT molecular complexity index is 1160. The van der Waals surface area contributed by atoms with Crippen LogP contribution in [0.5, 0.6) is 5.75 Å². The lowest BCUT2D eigenvalue weighted by atomic mass is 10.2. The molecule has 0 radical (unpaired) electrons. The van der Waals surface area contributed by atoms with Crippen LogP contribution in [0.25, 0.3) is 6.08 Å². The van der Waals surface area contributed by atoms with Crippen molar-refractivity contribution < 1.29 is 18.7 Å². The van der Waals surface area contributed by atoms with Crippen LogP contribution in [0, 0.1) is 5.82 Å². The second-order valence-electron chi connectivity index (χ2n) is 7.48. The minimum Gasteiger partial charge on any atom is -0.489 e. The highest BCUT2D eigenvalue weighted by Gasteiger charge is 2.33. The molecule has 1 heterocycles. The van der Waals surface area contributed by atoms with Gasteiger partial charge >= 0.3 is 0 Å². The zero-order valence-corrected chi connectivity index (χ0v) is 19.6. The maximum Gasteiger partial charge on any atom is 0.266 e. The van der Waals surface area contributed by atoms with Crippen molar-refractivity contribution in [3.05, 3.63) is 101 Å². The number of halogens is 1. The van der Waals surface area contributed by atoms with E-state index in [1.807, 2.05) is 67.6 Å². The number of carbonyl (C=O) groups is 1. The quantitative estimate of drug-likeness (QED) is 0.279. The van der Waals surface area contributed by atoms with Gasteiger partial charge in [0.25, 0.3) is 5.91 Å². The van der Waals surface area contributed by atoms with Crippen LogP contribution < -0.4 is 4.74 Å². The van der Waals surface area contributed by atoms with Crippen molar-refractivity contribution >= 4 is 34.6 Å². The van der Waals surface area contributed by atoms with Gasteiger partial charge in [-0.05, 0) is 72.3 Å². The highest BCUT2D eigenvalue weighted by Crippen LogP contribution is 2.34. The number of hydrogen-bond acceptors (Lipinski definition) is 5. The van der Waals surface area contributed by atoms with Gasteiger partial charge in [0.2, 0.25) is 0 Å². The molecule has 0 saturated carbocycles. The number of rotatable bonds is 9. The van der Waals surface area contributed by atoms with Crippen LogP contribution in [0.2, 0.25) is 0 Å². The molecule has 1 fully saturated rings. The Labute approximate surface area is 202 Å². The molecule has 1 aliphatic heterocycles. The van der Waals surface area contributed by atoms with Crippen LogP contribution in [0.1, 0.15) is 18.1 Å². The van der Waals surface area contributed by atoms with E-state index in [0.717, 1.165) is 16.8 Å². The molecule has 5 nitrogen and oxygen atoms in total. The zero-order valence-electron chi connectivity index (χ0n) is 18.8. The van der Waals surface area contributed by atoms with E-state index in [4.69, 9.17) is 9.47 Å². The average Bonchev–Trinajstić information content (AvgIpc) is 3.14. The molecule has 4 rings (SSSR count). The number of amides is 1.